The first kappa shape index (κ1) is 21.6. The van der Waals surface area contributed by atoms with E-state index >= 15 is 0 Å². The van der Waals surface area contributed by atoms with Crippen molar-refractivity contribution in [3.8, 4) is 5.69 Å². The van der Waals surface area contributed by atoms with Gasteiger partial charge in [-0.2, -0.15) is 0 Å². The second kappa shape index (κ2) is 10.6. The van der Waals surface area contributed by atoms with Crippen LogP contribution in [0.2, 0.25) is 0 Å². The molecule has 0 unspecified atom stereocenters. The molecule has 0 bridgehead atoms. The summed E-state index contributed by atoms with van der Waals surface area (Å²) < 4.78 is 1.87. The van der Waals surface area contributed by atoms with E-state index < -0.39 is 0 Å². The Morgan fingerprint density at radius 3 is 2.63 bits per heavy atom. The molecule has 30 heavy (non-hydrogen) atoms. The van der Waals surface area contributed by atoms with Crippen LogP contribution in [0.15, 0.2) is 59.8 Å². The van der Waals surface area contributed by atoms with Crippen molar-refractivity contribution in [3.05, 3.63) is 66.0 Å². The minimum Gasteiger partial charge on any atom is -0.355 e. The van der Waals surface area contributed by atoms with Crippen LogP contribution >= 0.6 is 11.8 Å². The van der Waals surface area contributed by atoms with Gasteiger partial charge in [0.1, 0.15) is 5.82 Å². The molecular weight excluding hydrogens is 398 g/mol. The average Bonchev–Trinajstić information content (AvgIpc) is 3.10. The smallest absolute Gasteiger partial charge is 0.230 e. The van der Waals surface area contributed by atoms with E-state index in [1.54, 1.807) is 0 Å². The Morgan fingerprint density at radius 1 is 1.07 bits per heavy atom. The van der Waals surface area contributed by atoms with Crippen molar-refractivity contribution in [1.29, 1.82) is 0 Å². The fraction of sp³-hybridized carbons (Fsp3) is 0.273. The van der Waals surface area contributed by atoms with E-state index in [-0.39, 0.29) is 17.6 Å². The van der Waals surface area contributed by atoms with Crippen molar-refractivity contribution in [2.45, 2.75) is 31.8 Å². The van der Waals surface area contributed by atoms with Crippen molar-refractivity contribution >= 4 is 29.3 Å². The second-order valence-electron chi connectivity index (χ2n) is 6.82. The molecule has 0 aliphatic rings. The van der Waals surface area contributed by atoms with Crippen LogP contribution in [0.4, 0.5) is 5.69 Å². The normalized spacial score (nSPS) is 10.6. The summed E-state index contributed by atoms with van der Waals surface area (Å²) in [5.41, 5.74) is 2.79. The first-order chi connectivity index (χ1) is 14.5. The van der Waals surface area contributed by atoms with Crippen LogP contribution in [0.5, 0.6) is 0 Å². The highest BCUT2D eigenvalue weighted by Gasteiger charge is 2.14. The van der Waals surface area contributed by atoms with Gasteiger partial charge in [-0.3, -0.25) is 14.2 Å². The number of hydrogen-bond donors (Lipinski definition) is 2. The first-order valence-corrected chi connectivity index (χ1v) is 10.7. The highest BCUT2D eigenvalue weighted by atomic mass is 32.2. The average molecular weight is 424 g/mol. The molecule has 0 saturated carbocycles. The number of anilines is 1. The number of amides is 2. The van der Waals surface area contributed by atoms with Crippen LogP contribution in [-0.2, 0) is 16.0 Å². The lowest BCUT2D eigenvalue weighted by molar-refractivity contribution is -0.118. The fourth-order valence-corrected chi connectivity index (χ4v) is 3.83. The SMILES string of the molecule is CC(=O)Nc1cccc(-n2c(C)nnc2SCC(=O)NCCCc2ccccc2)c1. The van der Waals surface area contributed by atoms with E-state index in [1.807, 2.05) is 54.0 Å². The Labute approximate surface area is 180 Å². The Balaban J connectivity index is 1.54. The van der Waals surface area contributed by atoms with E-state index in [9.17, 15) is 9.59 Å². The van der Waals surface area contributed by atoms with Gasteiger partial charge in [0.2, 0.25) is 11.8 Å². The molecule has 2 aromatic carbocycles. The van der Waals surface area contributed by atoms with E-state index in [1.165, 1.54) is 24.2 Å². The van der Waals surface area contributed by atoms with Crippen molar-refractivity contribution in [2.24, 2.45) is 0 Å². The highest BCUT2D eigenvalue weighted by Crippen LogP contribution is 2.23. The molecule has 8 heteroatoms. The minimum absolute atomic E-state index is 0.0349. The van der Waals surface area contributed by atoms with Crippen LogP contribution in [0, 0.1) is 6.92 Å². The molecule has 7 nitrogen and oxygen atoms in total. The molecule has 3 rings (SSSR count). The topological polar surface area (TPSA) is 88.9 Å². The third kappa shape index (κ3) is 6.18. The number of thioether (sulfide) groups is 1. The molecule has 0 aliphatic carbocycles. The van der Waals surface area contributed by atoms with E-state index in [0.29, 0.717) is 23.2 Å². The summed E-state index contributed by atoms with van der Waals surface area (Å²) in [4.78, 5) is 23.5. The number of carbonyl (C=O) groups excluding carboxylic acids is 2. The Hall–Kier alpha value is -3.13. The Bertz CT molecular complexity index is 1000. The number of hydrogen-bond acceptors (Lipinski definition) is 5. The van der Waals surface area contributed by atoms with Gasteiger partial charge < -0.3 is 10.6 Å². The Kier molecular flexibility index (Phi) is 7.62. The zero-order chi connectivity index (χ0) is 21.3. The zero-order valence-corrected chi connectivity index (χ0v) is 17.9. The monoisotopic (exact) mass is 423 g/mol. The second-order valence-corrected chi connectivity index (χ2v) is 7.77. The molecular formula is C22H25N5O2S. The number of nitrogens with one attached hydrogen (secondary N) is 2. The maximum absolute atomic E-state index is 12.2. The lowest BCUT2D eigenvalue weighted by atomic mass is 10.1. The van der Waals surface area contributed by atoms with Gasteiger partial charge in [-0.05, 0) is 43.5 Å². The van der Waals surface area contributed by atoms with Crippen LogP contribution in [0.3, 0.4) is 0 Å². The molecule has 0 radical (unpaired) electrons. The lowest BCUT2D eigenvalue weighted by Gasteiger charge is -2.10. The van der Waals surface area contributed by atoms with Crippen molar-refractivity contribution in [1.82, 2.24) is 20.1 Å². The Morgan fingerprint density at radius 2 is 1.87 bits per heavy atom. The highest BCUT2D eigenvalue weighted by molar-refractivity contribution is 7.99. The molecule has 0 spiro atoms. The summed E-state index contributed by atoms with van der Waals surface area (Å²) in [5, 5.41) is 14.7. The molecule has 156 valence electrons. The summed E-state index contributed by atoms with van der Waals surface area (Å²) in [5.74, 6) is 0.800. The third-order valence-electron chi connectivity index (χ3n) is 4.36. The van der Waals surface area contributed by atoms with Crippen LogP contribution in [0.25, 0.3) is 5.69 Å². The molecule has 1 aromatic heterocycles. The lowest BCUT2D eigenvalue weighted by Crippen LogP contribution is -2.26. The van der Waals surface area contributed by atoms with Gasteiger partial charge in [-0.15, -0.1) is 10.2 Å². The number of nitrogens with zero attached hydrogens (tertiary/aromatic N) is 3. The van der Waals surface area contributed by atoms with Gasteiger partial charge in [0.05, 0.1) is 11.4 Å². The molecule has 3 aromatic rings. The van der Waals surface area contributed by atoms with Gasteiger partial charge in [0.15, 0.2) is 5.16 Å². The van der Waals surface area contributed by atoms with Crippen molar-refractivity contribution in [3.63, 3.8) is 0 Å². The predicted octanol–water partition coefficient (Wildman–Crippen LogP) is 3.38. The van der Waals surface area contributed by atoms with Gasteiger partial charge in [0.25, 0.3) is 0 Å². The largest absolute Gasteiger partial charge is 0.355 e. The van der Waals surface area contributed by atoms with Crippen LogP contribution < -0.4 is 10.6 Å². The molecule has 0 atom stereocenters. The molecule has 2 N–H and O–H groups in total. The zero-order valence-electron chi connectivity index (χ0n) is 17.1. The maximum atomic E-state index is 12.2. The van der Waals surface area contributed by atoms with E-state index in [4.69, 9.17) is 0 Å². The van der Waals surface area contributed by atoms with Gasteiger partial charge in [0, 0.05) is 19.2 Å². The van der Waals surface area contributed by atoms with E-state index in [0.717, 1.165) is 18.5 Å². The summed E-state index contributed by atoms with van der Waals surface area (Å²) in [7, 11) is 0. The fourth-order valence-electron chi connectivity index (χ4n) is 3.01. The first-order valence-electron chi connectivity index (χ1n) is 9.76. The molecule has 0 fully saturated rings. The van der Waals surface area contributed by atoms with Gasteiger partial charge >= 0.3 is 0 Å². The molecule has 0 aliphatic heterocycles. The number of aryl methyl sites for hydroxylation is 2. The summed E-state index contributed by atoms with van der Waals surface area (Å²) in [6.07, 6.45) is 1.83. The van der Waals surface area contributed by atoms with Gasteiger partial charge in [-0.25, -0.2) is 0 Å². The summed E-state index contributed by atoms with van der Waals surface area (Å²) in [6, 6.07) is 17.7. The third-order valence-corrected chi connectivity index (χ3v) is 5.29. The van der Waals surface area contributed by atoms with E-state index in [2.05, 4.69) is 33.0 Å². The quantitative estimate of drug-likeness (QED) is 0.407. The van der Waals surface area contributed by atoms with Crippen LogP contribution in [0.1, 0.15) is 24.7 Å². The standard InChI is InChI=1S/C22H25N5O2S/c1-16-25-26-22(27(16)20-12-6-11-19(14-20)24-17(2)28)30-15-21(29)23-13-7-10-18-8-4-3-5-9-18/h3-6,8-9,11-12,14H,7,10,13,15H2,1-2H3,(H,23,29)(H,24,28). The summed E-state index contributed by atoms with van der Waals surface area (Å²) >= 11 is 1.33. The minimum atomic E-state index is -0.133. The van der Waals surface area contributed by atoms with Crippen molar-refractivity contribution in [2.75, 3.05) is 17.6 Å². The number of carbonyl (C=O) groups is 2. The maximum Gasteiger partial charge on any atom is 0.230 e. The molecule has 2 amide bonds. The summed E-state index contributed by atoms with van der Waals surface area (Å²) in [6.45, 7) is 3.96. The predicted molar refractivity (Wildman–Crippen MR) is 119 cm³/mol. The van der Waals surface area contributed by atoms with Gasteiger partial charge in [-0.1, -0.05) is 48.2 Å². The molecule has 0 saturated heterocycles. The molecule has 1 heterocycles. The number of benzene rings is 2. The number of rotatable bonds is 9. The van der Waals surface area contributed by atoms with Crippen molar-refractivity contribution < 1.29 is 9.59 Å². The number of aromatic nitrogens is 3. The van der Waals surface area contributed by atoms with Crippen LogP contribution in [-0.4, -0.2) is 38.9 Å².